The van der Waals surface area contributed by atoms with Crippen molar-refractivity contribution in [2.24, 2.45) is 5.92 Å². The normalized spacial score (nSPS) is 23.1. The maximum Gasteiger partial charge on any atom is 0.227 e. The summed E-state index contributed by atoms with van der Waals surface area (Å²) in [5.74, 6) is 0.376. The molecular weight excluding hydrogens is 292 g/mol. The van der Waals surface area contributed by atoms with Crippen LogP contribution in [0.3, 0.4) is 0 Å². The average molecular weight is 311 g/mol. The van der Waals surface area contributed by atoms with E-state index in [0.29, 0.717) is 12.6 Å². The standard InChI is InChI=1S/C14H19BrN2O/c1-10-13(7-8-16-10)14(18)17(2)9-11-3-5-12(15)6-4-11/h3-6,10,13,16H,7-9H2,1-2H3. The third-order valence-electron chi connectivity index (χ3n) is 3.55. The third kappa shape index (κ3) is 3.12. The molecule has 3 nitrogen and oxygen atoms in total. The molecule has 1 saturated heterocycles. The highest BCUT2D eigenvalue weighted by Crippen LogP contribution is 2.19. The molecule has 0 radical (unpaired) electrons. The molecule has 1 aromatic rings. The number of rotatable bonds is 3. The van der Waals surface area contributed by atoms with Gasteiger partial charge in [-0.1, -0.05) is 28.1 Å². The fraction of sp³-hybridized carbons (Fsp3) is 0.500. The van der Waals surface area contributed by atoms with E-state index in [0.717, 1.165) is 23.0 Å². The lowest BCUT2D eigenvalue weighted by atomic mass is 10.0. The molecule has 18 heavy (non-hydrogen) atoms. The molecule has 1 aliphatic rings. The van der Waals surface area contributed by atoms with Crippen molar-refractivity contribution >= 4 is 21.8 Å². The first-order chi connectivity index (χ1) is 8.58. The summed E-state index contributed by atoms with van der Waals surface area (Å²) in [5.41, 5.74) is 1.16. The Balaban J connectivity index is 1.97. The number of benzene rings is 1. The largest absolute Gasteiger partial charge is 0.341 e. The summed E-state index contributed by atoms with van der Waals surface area (Å²) in [6, 6.07) is 8.40. The number of hydrogen-bond donors (Lipinski definition) is 1. The molecular formula is C14H19BrN2O. The smallest absolute Gasteiger partial charge is 0.227 e. The maximum atomic E-state index is 12.3. The second-order valence-electron chi connectivity index (χ2n) is 4.96. The molecule has 0 saturated carbocycles. The zero-order valence-corrected chi connectivity index (χ0v) is 12.4. The Kier molecular flexibility index (Phi) is 4.40. The summed E-state index contributed by atoms with van der Waals surface area (Å²) < 4.78 is 1.06. The molecule has 1 amide bonds. The van der Waals surface area contributed by atoms with Crippen molar-refractivity contribution in [3.63, 3.8) is 0 Å². The van der Waals surface area contributed by atoms with Crippen LogP contribution in [0.2, 0.25) is 0 Å². The molecule has 98 valence electrons. The van der Waals surface area contributed by atoms with Crippen molar-refractivity contribution in [1.29, 1.82) is 0 Å². The first-order valence-electron chi connectivity index (χ1n) is 6.30. The molecule has 0 spiro atoms. The minimum atomic E-state index is 0.130. The van der Waals surface area contributed by atoms with Crippen LogP contribution < -0.4 is 5.32 Å². The minimum absolute atomic E-state index is 0.130. The van der Waals surface area contributed by atoms with Crippen LogP contribution in [-0.2, 0) is 11.3 Å². The van der Waals surface area contributed by atoms with E-state index in [1.165, 1.54) is 0 Å². The van der Waals surface area contributed by atoms with E-state index < -0.39 is 0 Å². The number of carbonyl (C=O) groups is 1. The maximum absolute atomic E-state index is 12.3. The molecule has 2 unspecified atom stereocenters. The predicted molar refractivity (Wildman–Crippen MR) is 76.2 cm³/mol. The first kappa shape index (κ1) is 13.6. The van der Waals surface area contributed by atoms with Crippen molar-refractivity contribution in [2.75, 3.05) is 13.6 Å². The Morgan fingerprint density at radius 1 is 1.44 bits per heavy atom. The molecule has 0 aliphatic carbocycles. The molecule has 1 heterocycles. The van der Waals surface area contributed by atoms with E-state index in [2.05, 4.69) is 28.2 Å². The van der Waals surface area contributed by atoms with Crippen LogP contribution in [0.25, 0.3) is 0 Å². The van der Waals surface area contributed by atoms with E-state index in [9.17, 15) is 4.79 Å². The van der Waals surface area contributed by atoms with Crippen molar-refractivity contribution in [1.82, 2.24) is 10.2 Å². The van der Waals surface area contributed by atoms with Crippen LogP contribution in [0.1, 0.15) is 18.9 Å². The van der Waals surface area contributed by atoms with Gasteiger partial charge >= 0.3 is 0 Å². The van der Waals surface area contributed by atoms with Crippen LogP contribution in [0.4, 0.5) is 0 Å². The summed E-state index contributed by atoms with van der Waals surface area (Å²) in [6.45, 7) is 3.71. The zero-order chi connectivity index (χ0) is 13.1. The monoisotopic (exact) mass is 310 g/mol. The first-order valence-corrected chi connectivity index (χ1v) is 7.10. The van der Waals surface area contributed by atoms with Crippen LogP contribution in [0.5, 0.6) is 0 Å². The Bertz CT molecular complexity index is 418. The number of hydrogen-bond acceptors (Lipinski definition) is 2. The van der Waals surface area contributed by atoms with Crippen molar-refractivity contribution in [3.05, 3.63) is 34.3 Å². The molecule has 1 aliphatic heterocycles. The van der Waals surface area contributed by atoms with Crippen LogP contribution in [0.15, 0.2) is 28.7 Å². The van der Waals surface area contributed by atoms with Crippen molar-refractivity contribution in [2.45, 2.75) is 25.9 Å². The molecule has 1 aromatic carbocycles. The molecule has 2 rings (SSSR count). The highest BCUT2D eigenvalue weighted by molar-refractivity contribution is 9.10. The van der Waals surface area contributed by atoms with E-state index in [4.69, 9.17) is 0 Å². The fourth-order valence-corrected chi connectivity index (χ4v) is 2.69. The lowest BCUT2D eigenvalue weighted by molar-refractivity contribution is -0.134. The van der Waals surface area contributed by atoms with Crippen molar-refractivity contribution < 1.29 is 4.79 Å². The SMILES string of the molecule is CC1NCCC1C(=O)N(C)Cc1ccc(Br)cc1. The molecule has 2 atom stereocenters. The lowest BCUT2D eigenvalue weighted by Crippen LogP contribution is -2.37. The molecule has 0 aromatic heterocycles. The van der Waals surface area contributed by atoms with Gasteiger partial charge in [0.05, 0.1) is 5.92 Å². The van der Waals surface area contributed by atoms with Crippen molar-refractivity contribution in [3.8, 4) is 0 Å². The van der Waals surface area contributed by atoms with Gasteiger partial charge in [0, 0.05) is 24.1 Å². The van der Waals surface area contributed by atoms with Gasteiger partial charge in [-0.3, -0.25) is 4.79 Å². The second-order valence-corrected chi connectivity index (χ2v) is 5.87. The van der Waals surface area contributed by atoms with E-state index >= 15 is 0 Å². The molecule has 1 fully saturated rings. The van der Waals surface area contributed by atoms with E-state index in [1.54, 1.807) is 0 Å². The van der Waals surface area contributed by atoms with Gasteiger partial charge < -0.3 is 10.2 Å². The lowest BCUT2D eigenvalue weighted by Gasteiger charge is -2.23. The van der Waals surface area contributed by atoms with Gasteiger partial charge in [-0.15, -0.1) is 0 Å². The topological polar surface area (TPSA) is 32.3 Å². The van der Waals surface area contributed by atoms with Gasteiger partial charge in [-0.05, 0) is 37.6 Å². The highest BCUT2D eigenvalue weighted by atomic mass is 79.9. The van der Waals surface area contributed by atoms with Gasteiger partial charge in [0.25, 0.3) is 0 Å². The van der Waals surface area contributed by atoms with Crippen LogP contribution in [-0.4, -0.2) is 30.4 Å². The van der Waals surface area contributed by atoms with Gasteiger partial charge in [0.15, 0.2) is 0 Å². The Labute approximate surface area is 117 Å². The van der Waals surface area contributed by atoms with Crippen LogP contribution >= 0.6 is 15.9 Å². The number of amides is 1. The third-order valence-corrected chi connectivity index (χ3v) is 4.08. The number of nitrogens with one attached hydrogen (secondary N) is 1. The second kappa shape index (κ2) is 5.85. The summed E-state index contributed by atoms with van der Waals surface area (Å²) >= 11 is 3.41. The van der Waals surface area contributed by atoms with E-state index in [-0.39, 0.29) is 11.8 Å². The highest BCUT2D eigenvalue weighted by Gasteiger charge is 2.31. The predicted octanol–water partition coefficient (Wildman–Crippen LogP) is 2.41. The Morgan fingerprint density at radius 2 is 2.11 bits per heavy atom. The zero-order valence-electron chi connectivity index (χ0n) is 10.8. The average Bonchev–Trinajstić information content (AvgIpc) is 2.77. The summed E-state index contributed by atoms with van der Waals surface area (Å²) in [6.07, 6.45) is 0.949. The summed E-state index contributed by atoms with van der Waals surface area (Å²) in [4.78, 5) is 14.1. The quantitative estimate of drug-likeness (QED) is 0.930. The van der Waals surface area contributed by atoms with Gasteiger partial charge in [-0.2, -0.15) is 0 Å². The summed E-state index contributed by atoms with van der Waals surface area (Å²) in [5, 5.41) is 3.32. The number of halogens is 1. The molecule has 4 heteroatoms. The van der Waals surface area contributed by atoms with Crippen LogP contribution in [0, 0.1) is 5.92 Å². The number of carbonyl (C=O) groups excluding carboxylic acids is 1. The fourth-order valence-electron chi connectivity index (χ4n) is 2.42. The van der Waals surface area contributed by atoms with Gasteiger partial charge in [0.1, 0.15) is 0 Å². The summed E-state index contributed by atoms with van der Waals surface area (Å²) in [7, 11) is 1.88. The Morgan fingerprint density at radius 3 is 2.67 bits per heavy atom. The van der Waals surface area contributed by atoms with Gasteiger partial charge in [-0.25, -0.2) is 0 Å². The molecule has 1 N–H and O–H groups in total. The molecule has 0 bridgehead atoms. The number of nitrogens with zero attached hydrogens (tertiary/aromatic N) is 1. The van der Waals surface area contributed by atoms with E-state index in [1.807, 2.05) is 36.2 Å². The Hall–Kier alpha value is -0.870. The minimum Gasteiger partial charge on any atom is -0.341 e. The van der Waals surface area contributed by atoms with Gasteiger partial charge in [0.2, 0.25) is 5.91 Å².